The van der Waals surface area contributed by atoms with Crippen LogP contribution in [0.2, 0.25) is 0 Å². The molecule has 1 fully saturated rings. The lowest BCUT2D eigenvalue weighted by molar-refractivity contribution is -0.149. The third-order valence-corrected chi connectivity index (χ3v) is 4.21. The SMILES string of the molecule is C=CCc1ccccc1OCCN1CCC(C(=O)OCC)CC1. The maximum Gasteiger partial charge on any atom is 0.309 e. The van der Waals surface area contributed by atoms with Crippen LogP contribution in [-0.4, -0.2) is 43.7 Å². The van der Waals surface area contributed by atoms with Crippen molar-refractivity contribution in [3.63, 3.8) is 0 Å². The number of piperidine rings is 1. The Morgan fingerprint density at radius 2 is 2.09 bits per heavy atom. The predicted octanol–water partition coefficient (Wildman–Crippen LogP) is 3.07. The van der Waals surface area contributed by atoms with E-state index in [9.17, 15) is 4.79 Å². The number of ether oxygens (including phenoxy) is 2. The van der Waals surface area contributed by atoms with Crippen LogP contribution in [0.5, 0.6) is 5.75 Å². The van der Waals surface area contributed by atoms with E-state index in [1.807, 2.05) is 31.2 Å². The van der Waals surface area contributed by atoms with Crippen molar-refractivity contribution in [1.29, 1.82) is 0 Å². The summed E-state index contributed by atoms with van der Waals surface area (Å²) in [4.78, 5) is 14.1. The second-order valence-electron chi connectivity index (χ2n) is 5.82. The highest BCUT2D eigenvalue weighted by atomic mass is 16.5. The van der Waals surface area contributed by atoms with Gasteiger partial charge in [0.05, 0.1) is 12.5 Å². The number of carbonyl (C=O) groups is 1. The second-order valence-corrected chi connectivity index (χ2v) is 5.82. The lowest BCUT2D eigenvalue weighted by Crippen LogP contribution is -2.39. The third kappa shape index (κ3) is 5.39. The predicted molar refractivity (Wildman–Crippen MR) is 91.6 cm³/mol. The van der Waals surface area contributed by atoms with Crippen molar-refractivity contribution in [2.24, 2.45) is 5.92 Å². The van der Waals surface area contributed by atoms with Gasteiger partial charge in [0.25, 0.3) is 0 Å². The molecule has 0 N–H and O–H groups in total. The number of hydrogen-bond acceptors (Lipinski definition) is 4. The number of para-hydroxylation sites is 1. The normalized spacial score (nSPS) is 16.0. The van der Waals surface area contributed by atoms with Crippen molar-refractivity contribution in [3.05, 3.63) is 42.5 Å². The van der Waals surface area contributed by atoms with Gasteiger partial charge in [-0.25, -0.2) is 0 Å². The molecule has 0 spiro atoms. The second kappa shape index (κ2) is 9.36. The summed E-state index contributed by atoms with van der Waals surface area (Å²) in [6.07, 6.45) is 4.47. The first-order valence-electron chi connectivity index (χ1n) is 8.45. The zero-order valence-electron chi connectivity index (χ0n) is 14.0. The number of benzene rings is 1. The number of allylic oxidation sites excluding steroid dienone is 1. The monoisotopic (exact) mass is 317 g/mol. The van der Waals surface area contributed by atoms with Crippen molar-refractivity contribution >= 4 is 5.97 Å². The summed E-state index contributed by atoms with van der Waals surface area (Å²) in [5.74, 6) is 0.969. The summed E-state index contributed by atoms with van der Waals surface area (Å²) in [7, 11) is 0. The van der Waals surface area contributed by atoms with Gasteiger partial charge in [-0.2, -0.15) is 0 Å². The molecule has 0 radical (unpaired) electrons. The van der Waals surface area contributed by atoms with E-state index in [0.717, 1.165) is 44.6 Å². The van der Waals surface area contributed by atoms with Crippen LogP contribution in [0.25, 0.3) is 0 Å². The van der Waals surface area contributed by atoms with E-state index in [4.69, 9.17) is 9.47 Å². The first-order chi connectivity index (χ1) is 11.2. The summed E-state index contributed by atoms with van der Waals surface area (Å²) in [6, 6.07) is 8.09. The zero-order valence-corrected chi connectivity index (χ0v) is 14.0. The topological polar surface area (TPSA) is 38.8 Å². The van der Waals surface area contributed by atoms with Gasteiger partial charge in [0.15, 0.2) is 0 Å². The van der Waals surface area contributed by atoms with Crippen LogP contribution in [0.15, 0.2) is 36.9 Å². The fourth-order valence-corrected chi connectivity index (χ4v) is 2.91. The number of nitrogens with zero attached hydrogens (tertiary/aromatic N) is 1. The molecule has 4 nitrogen and oxygen atoms in total. The molecule has 2 rings (SSSR count). The molecule has 0 bridgehead atoms. The summed E-state index contributed by atoms with van der Waals surface area (Å²) >= 11 is 0. The van der Waals surface area contributed by atoms with Crippen molar-refractivity contribution < 1.29 is 14.3 Å². The average Bonchev–Trinajstić information content (AvgIpc) is 2.57. The quantitative estimate of drug-likeness (QED) is 0.545. The molecule has 0 amide bonds. The Hall–Kier alpha value is -1.81. The molecule has 1 aliphatic rings. The number of hydrogen-bond donors (Lipinski definition) is 0. The van der Waals surface area contributed by atoms with E-state index in [1.165, 1.54) is 5.56 Å². The van der Waals surface area contributed by atoms with E-state index in [-0.39, 0.29) is 11.9 Å². The molecule has 1 heterocycles. The van der Waals surface area contributed by atoms with Crippen molar-refractivity contribution in [1.82, 2.24) is 4.90 Å². The molecule has 1 saturated heterocycles. The standard InChI is InChI=1S/C19H27NO3/c1-3-7-16-8-5-6-9-18(16)23-15-14-20-12-10-17(11-13-20)19(21)22-4-2/h3,5-6,8-9,17H,1,4,7,10-15H2,2H3. The molecule has 0 saturated carbocycles. The zero-order chi connectivity index (χ0) is 16.5. The molecule has 1 aliphatic heterocycles. The molecule has 0 aromatic heterocycles. The first-order valence-corrected chi connectivity index (χ1v) is 8.45. The minimum Gasteiger partial charge on any atom is -0.492 e. The summed E-state index contributed by atoms with van der Waals surface area (Å²) in [5, 5.41) is 0. The number of likely N-dealkylation sites (tertiary alicyclic amines) is 1. The molecule has 0 aliphatic carbocycles. The number of rotatable bonds is 8. The molecule has 0 unspecified atom stereocenters. The maximum atomic E-state index is 11.7. The highest BCUT2D eigenvalue weighted by Crippen LogP contribution is 2.20. The fourth-order valence-electron chi connectivity index (χ4n) is 2.91. The fraction of sp³-hybridized carbons (Fsp3) is 0.526. The maximum absolute atomic E-state index is 11.7. The average molecular weight is 317 g/mol. The smallest absolute Gasteiger partial charge is 0.309 e. The molecule has 126 valence electrons. The van der Waals surface area contributed by atoms with E-state index in [0.29, 0.717) is 13.2 Å². The van der Waals surface area contributed by atoms with Crippen LogP contribution in [0.3, 0.4) is 0 Å². The van der Waals surface area contributed by atoms with Crippen LogP contribution >= 0.6 is 0 Å². The van der Waals surface area contributed by atoms with Gasteiger partial charge in [0, 0.05) is 6.54 Å². The van der Waals surface area contributed by atoms with Crippen molar-refractivity contribution in [2.75, 3.05) is 32.8 Å². The minimum atomic E-state index is -0.0400. The van der Waals surface area contributed by atoms with Gasteiger partial charge in [-0.3, -0.25) is 9.69 Å². The Bertz CT molecular complexity index is 507. The summed E-state index contributed by atoms with van der Waals surface area (Å²) in [5.41, 5.74) is 1.17. The van der Waals surface area contributed by atoms with Crippen LogP contribution in [-0.2, 0) is 16.0 Å². The van der Waals surface area contributed by atoms with Gasteiger partial charge in [0.2, 0.25) is 0 Å². The van der Waals surface area contributed by atoms with Crippen molar-refractivity contribution in [3.8, 4) is 5.75 Å². The van der Waals surface area contributed by atoms with Crippen LogP contribution in [0.4, 0.5) is 0 Å². The van der Waals surface area contributed by atoms with E-state index in [2.05, 4.69) is 17.5 Å². The largest absolute Gasteiger partial charge is 0.492 e. The Labute approximate surface area is 139 Å². The molecular weight excluding hydrogens is 290 g/mol. The van der Waals surface area contributed by atoms with E-state index >= 15 is 0 Å². The third-order valence-electron chi connectivity index (χ3n) is 4.21. The van der Waals surface area contributed by atoms with Crippen LogP contribution in [0.1, 0.15) is 25.3 Å². The number of carbonyl (C=O) groups excluding carboxylic acids is 1. The Morgan fingerprint density at radius 3 is 2.78 bits per heavy atom. The van der Waals surface area contributed by atoms with Gasteiger partial charge in [-0.1, -0.05) is 24.3 Å². The van der Waals surface area contributed by atoms with E-state index < -0.39 is 0 Å². The van der Waals surface area contributed by atoms with Gasteiger partial charge in [-0.05, 0) is 50.9 Å². The summed E-state index contributed by atoms with van der Waals surface area (Å²) < 4.78 is 11.0. The lowest BCUT2D eigenvalue weighted by Gasteiger charge is -2.30. The lowest BCUT2D eigenvalue weighted by atomic mass is 9.97. The van der Waals surface area contributed by atoms with Gasteiger partial charge >= 0.3 is 5.97 Å². The Balaban J connectivity index is 1.72. The van der Waals surface area contributed by atoms with Crippen LogP contribution in [0, 0.1) is 5.92 Å². The van der Waals surface area contributed by atoms with Gasteiger partial charge in [-0.15, -0.1) is 6.58 Å². The Morgan fingerprint density at radius 1 is 1.35 bits per heavy atom. The Kier molecular flexibility index (Phi) is 7.14. The molecule has 4 heteroatoms. The number of esters is 1. The van der Waals surface area contributed by atoms with E-state index in [1.54, 1.807) is 0 Å². The van der Waals surface area contributed by atoms with Gasteiger partial charge in [0.1, 0.15) is 12.4 Å². The summed E-state index contributed by atoms with van der Waals surface area (Å²) in [6.45, 7) is 9.52. The molecule has 1 aromatic rings. The van der Waals surface area contributed by atoms with Crippen LogP contribution < -0.4 is 4.74 Å². The highest BCUT2D eigenvalue weighted by molar-refractivity contribution is 5.72. The molecule has 0 atom stereocenters. The molecular formula is C19H27NO3. The minimum absolute atomic E-state index is 0.0400. The first kappa shape index (κ1) is 17.5. The molecule has 1 aromatic carbocycles. The molecule has 23 heavy (non-hydrogen) atoms. The van der Waals surface area contributed by atoms with Gasteiger partial charge < -0.3 is 9.47 Å². The highest BCUT2D eigenvalue weighted by Gasteiger charge is 2.25. The van der Waals surface area contributed by atoms with Crippen molar-refractivity contribution in [2.45, 2.75) is 26.2 Å².